The van der Waals surface area contributed by atoms with E-state index in [0.29, 0.717) is 21.8 Å². The molecule has 0 aliphatic rings. The summed E-state index contributed by atoms with van der Waals surface area (Å²) in [6.45, 7) is 0. The maximum Gasteiger partial charge on any atom is 0.260 e. The third-order valence-corrected chi connectivity index (χ3v) is 3.20. The molecule has 0 atom stereocenters. The molecule has 0 bridgehead atoms. The summed E-state index contributed by atoms with van der Waals surface area (Å²) < 4.78 is 10.5. The fourth-order valence-electron chi connectivity index (χ4n) is 1.68. The van der Waals surface area contributed by atoms with E-state index in [0.717, 1.165) is 5.56 Å². The first kappa shape index (κ1) is 12.6. The highest BCUT2D eigenvalue weighted by Gasteiger charge is 2.13. The zero-order valence-corrected chi connectivity index (χ0v) is 11.6. The number of nitrogens with zero attached hydrogens (tertiary/aromatic N) is 2. The van der Waals surface area contributed by atoms with Crippen LogP contribution in [0.3, 0.4) is 0 Å². The van der Waals surface area contributed by atoms with E-state index in [1.165, 1.54) is 12.7 Å². The minimum atomic E-state index is -0.270. The van der Waals surface area contributed by atoms with Gasteiger partial charge in [0.2, 0.25) is 12.3 Å². The first-order valence-electron chi connectivity index (χ1n) is 5.65. The van der Waals surface area contributed by atoms with Crippen LogP contribution < -0.4 is 5.32 Å². The zero-order chi connectivity index (χ0) is 13.9. The van der Waals surface area contributed by atoms with Crippen molar-refractivity contribution >= 4 is 27.5 Å². The van der Waals surface area contributed by atoms with Crippen molar-refractivity contribution in [2.24, 2.45) is 0 Å². The summed E-state index contributed by atoms with van der Waals surface area (Å²) in [6.07, 6.45) is 2.69. The van der Waals surface area contributed by atoms with Gasteiger partial charge in [-0.3, -0.25) is 4.79 Å². The Labute approximate surface area is 121 Å². The van der Waals surface area contributed by atoms with Crippen LogP contribution in [0.4, 0.5) is 5.69 Å². The lowest BCUT2D eigenvalue weighted by molar-refractivity contribution is 0.102. The molecule has 1 amide bonds. The van der Waals surface area contributed by atoms with Crippen molar-refractivity contribution in [2.45, 2.75) is 0 Å². The summed E-state index contributed by atoms with van der Waals surface area (Å²) in [5.74, 6) is 0.124. The van der Waals surface area contributed by atoms with Crippen LogP contribution >= 0.6 is 15.9 Å². The van der Waals surface area contributed by atoms with E-state index in [9.17, 15) is 4.79 Å². The van der Waals surface area contributed by atoms with Gasteiger partial charge in [-0.2, -0.15) is 0 Å². The number of rotatable bonds is 3. The van der Waals surface area contributed by atoms with Gasteiger partial charge in [0.25, 0.3) is 5.91 Å². The summed E-state index contributed by atoms with van der Waals surface area (Å²) in [4.78, 5) is 12.0. The SMILES string of the molecule is O=C(Nc1cccc(-c2nnco2)c1)c1ccoc1Br. The van der Waals surface area contributed by atoms with Gasteiger partial charge in [-0.15, -0.1) is 10.2 Å². The number of halogens is 1. The molecule has 0 saturated carbocycles. The first-order chi connectivity index (χ1) is 9.74. The quantitative estimate of drug-likeness (QED) is 0.794. The summed E-state index contributed by atoms with van der Waals surface area (Å²) >= 11 is 3.17. The van der Waals surface area contributed by atoms with Crippen LogP contribution in [0.15, 0.2) is 56.5 Å². The van der Waals surface area contributed by atoms with Crippen molar-refractivity contribution in [3.63, 3.8) is 0 Å². The number of carbonyl (C=O) groups is 1. The second-order valence-corrected chi connectivity index (χ2v) is 4.61. The Balaban J connectivity index is 1.83. The largest absolute Gasteiger partial charge is 0.457 e. The average Bonchev–Trinajstić information content (AvgIpc) is 3.09. The smallest absolute Gasteiger partial charge is 0.260 e. The summed E-state index contributed by atoms with van der Waals surface area (Å²) in [7, 11) is 0. The van der Waals surface area contributed by atoms with Gasteiger partial charge in [-0.1, -0.05) is 6.07 Å². The molecule has 100 valence electrons. The molecule has 0 spiro atoms. The lowest BCUT2D eigenvalue weighted by Crippen LogP contribution is -2.11. The van der Waals surface area contributed by atoms with Gasteiger partial charge in [0.05, 0.1) is 11.8 Å². The lowest BCUT2D eigenvalue weighted by Gasteiger charge is -2.05. The molecule has 6 nitrogen and oxygen atoms in total. The highest BCUT2D eigenvalue weighted by atomic mass is 79.9. The standard InChI is InChI=1S/C13H8BrN3O3/c14-11-10(4-5-19-11)12(18)16-9-3-1-2-8(6-9)13-17-15-7-20-13/h1-7H,(H,16,18). The third kappa shape index (κ3) is 2.48. The van der Waals surface area contributed by atoms with Gasteiger partial charge in [0.1, 0.15) is 0 Å². The molecule has 0 aliphatic carbocycles. The molecule has 0 aliphatic heterocycles. The number of hydrogen-bond acceptors (Lipinski definition) is 5. The number of furan rings is 1. The third-order valence-electron chi connectivity index (χ3n) is 2.59. The minimum absolute atomic E-state index is 0.270. The second-order valence-electron chi connectivity index (χ2n) is 3.89. The second kappa shape index (κ2) is 5.30. The van der Waals surface area contributed by atoms with Crippen molar-refractivity contribution in [3.05, 3.63) is 53.2 Å². The number of aromatic nitrogens is 2. The van der Waals surface area contributed by atoms with Gasteiger partial charge in [0, 0.05) is 11.3 Å². The number of benzene rings is 1. The molecule has 1 aromatic carbocycles. The number of carbonyl (C=O) groups excluding carboxylic acids is 1. The maximum atomic E-state index is 12.0. The van der Waals surface area contributed by atoms with E-state index in [4.69, 9.17) is 8.83 Å². The van der Waals surface area contributed by atoms with Crippen LogP contribution in [0.2, 0.25) is 0 Å². The van der Waals surface area contributed by atoms with Crippen molar-refractivity contribution in [1.82, 2.24) is 10.2 Å². The molecule has 3 aromatic rings. The predicted octanol–water partition coefficient (Wildman–Crippen LogP) is 3.34. The van der Waals surface area contributed by atoms with E-state index in [-0.39, 0.29) is 5.91 Å². The van der Waals surface area contributed by atoms with Crippen LogP contribution in [0, 0.1) is 0 Å². The molecule has 20 heavy (non-hydrogen) atoms. The van der Waals surface area contributed by atoms with Crippen LogP contribution in [-0.4, -0.2) is 16.1 Å². The monoisotopic (exact) mass is 333 g/mol. The molecule has 0 radical (unpaired) electrons. The Morgan fingerprint density at radius 2 is 2.15 bits per heavy atom. The van der Waals surface area contributed by atoms with E-state index in [1.807, 2.05) is 6.07 Å². The number of anilines is 1. The molecule has 7 heteroatoms. The fraction of sp³-hybridized carbons (Fsp3) is 0. The fourth-order valence-corrected chi connectivity index (χ4v) is 2.10. The Kier molecular flexibility index (Phi) is 3.34. The molecule has 0 fully saturated rings. The first-order valence-corrected chi connectivity index (χ1v) is 6.44. The topological polar surface area (TPSA) is 81.2 Å². The van der Waals surface area contributed by atoms with Crippen LogP contribution in [0.5, 0.6) is 0 Å². The Morgan fingerprint density at radius 1 is 1.25 bits per heavy atom. The predicted molar refractivity (Wildman–Crippen MR) is 74.1 cm³/mol. The van der Waals surface area contributed by atoms with Crippen molar-refractivity contribution < 1.29 is 13.6 Å². The molecule has 3 rings (SSSR count). The zero-order valence-electron chi connectivity index (χ0n) is 10.0. The van der Waals surface area contributed by atoms with Crippen molar-refractivity contribution in [1.29, 1.82) is 0 Å². The normalized spacial score (nSPS) is 10.4. The van der Waals surface area contributed by atoms with Gasteiger partial charge < -0.3 is 14.2 Å². The molecule has 2 heterocycles. The van der Waals surface area contributed by atoms with Crippen molar-refractivity contribution in [2.75, 3.05) is 5.32 Å². The van der Waals surface area contributed by atoms with E-state index >= 15 is 0 Å². The van der Waals surface area contributed by atoms with Gasteiger partial charge in [0.15, 0.2) is 4.67 Å². The molecule has 1 N–H and O–H groups in total. The Morgan fingerprint density at radius 3 is 2.85 bits per heavy atom. The van der Waals surface area contributed by atoms with Gasteiger partial charge in [-0.25, -0.2) is 0 Å². The molecule has 0 saturated heterocycles. The average molecular weight is 334 g/mol. The minimum Gasteiger partial charge on any atom is -0.457 e. The number of hydrogen-bond donors (Lipinski definition) is 1. The molecule has 2 aromatic heterocycles. The highest BCUT2D eigenvalue weighted by Crippen LogP contribution is 2.22. The van der Waals surface area contributed by atoms with E-state index < -0.39 is 0 Å². The Hall–Kier alpha value is -2.41. The van der Waals surface area contributed by atoms with Crippen molar-refractivity contribution in [3.8, 4) is 11.5 Å². The summed E-state index contributed by atoms with van der Waals surface area (Å²) in [5.41, 5.74) is 1.78. The summed E-state index contributed by atoms with van der Waals surface area (Å²) in [5, 5.41) is 10.2. The highest BCUT2D eigenvalue weighted by molar-refractivity contribution is 9.10. The lowest BCUT2D eigenvalue weighted by atomic mass is 10.2. The Bertz CT molecular complexity index is 737. The maximum absolute atomic E-state index is 12.0. The number of nitrogens with one attached hydrogen (secondary N) is 1. The van der Waals surface area contributed by atoms with E-state index in [2.05, 4.69) is 31.4 Å². The molecular weight excluding hydrogens is 326 g/mol. The van der Waals surface area contributed by atoms with Gasteiger partial charge >= 0.3 is 0 Å². The van der Waals surface area contributed by atoms with E-state index in [1.54, 1.807) is 24.3 Å². The summed E-state index contributed by atoms with van der Waals surface area (Å²) in [6, 6.07) is 8.71. The number of amides is 1. The van der Waals surface area contributed by atoms with Gasteiger partial charge in [-0.05, 0) is 40.2 Å². The van der Waals surface area contributed by atoms with Crippen LogP contribution in [-0.2, 0) is 0 Å². The van der Waals surface area contributed by atoms with Crippen LogP contribution in [0.1, 0.15) is 10.4 Å². The molecular formula is C13H8BrN3O3. The van der Waals surface area contributed by atoms with Crippen LogP contribution in [0.25, 0.3) is 11.5 Å². The molecule has 0 unspecified atom stereocenters.